The van der Waals surface area contributed by atoms with Crippen molar-refractivity contribution in [3.8, 4) is 0 Å². The van der Waals surface area contributed by atoms with Crippen molar-refractivity contribution < 1.29 is 29.0 Å². The first kappa shape index (κ1) is 31.9. The summed E-state index contributed by atoms with van der Waals surface area (Å²) in [4.78, 5) is 46.3. The van der Waals surface area contributed by atoms with Crippen molar-refractivity contribution >= 4 is 35.1 Å². The third kappa shape index (κ3) is 5.37. The number of nitrogens with zero attached hydrogens (tertiary/aromatic N) is 2. The average Bonchev–Trinajstić information content (AvgIpc) is 3.58. The number of ether oxygens (including phenoxy) is 2. The number of rotatable bonds is 13. The second-order valence-electron chi connectivity index (χ2n) is 12.2. The van der Waals surface area contributed by atoms with Crippen LogP contribution in [0.5, 0.6) is 0 Å². The van der Waals surface area contributed by atoms with Crippen LogP contribution in [0.3, 0.4) is 0 Å². The van der Waals surface area contributed by atoms with Gasteiger partial charge in [-0.25, -0.2) is 0 Å². The van der Waals surface area contributed by atoms with Gasteiger partial charge in [-0.05, 0) is 63.1 Å². The molecule has 3 aliphatic heterocycles. The van der Waals surface area contributed by atoms with Crippen molar-refractivity contribution in [2.75, 3.05) is 24.7 Å². The quantitative estimate of drug-likeness (QED) is 0.191. The summed E-state index contributed by atoms with van der Waals surface area (Å²) in [6.45, 7) is 11.3. The van der Waals surface area contributed by atoms with Crippen molar-refractivity contribution in [2.24, 2.45) is 11.8 Å². The normalized spacial score (nSPS) is 27.6. The predicted molar refractivity (Wildman–Crippen MR) is 169 cm³/mol. The first-order chi connectivity index (χ1) is 21.1. The van der Waals surface area contributed by atoms with Crippen LogP contribution in [0.15, 0.2) is 73.8 Å². The Morgan fingerprint density at radius 1 is 1.18 bits per heavy atom. The Bertz CT molecular complexity index is 1410. The first-order valence-electron chi connectivity index (χ1n) is 15.3. The zero-order valence-corrected chi connectivity index (χ0v) is 26.2. The van der Waals surface area contributed by atoms with Gasteiger partial charge in [0.2, 0.25) is 5.91 Å². The van der Waals surface area contributed by atoms with Gasteiger partial charge in [-0.15, -0.1) is 13.2 Å². The van der Waals surface area contributed by atoms with E-state index in [-0.39, 0.29) is 25.7 Å². The van der Waals surface area contributed by atoms with Gasteiger partial charge < -0.3 is 24.4 Å². The molecule has 3 aliphatic rings. The van der Waals surface area contributed by atoms with Crippen LogP contribution < -0.4 is 4.90 Å². The molecular weight excluding hydrogens is 580 g/mol. The number of allylic oxidation sites excluding steroid dienone is 1. The number of amides is 2. The summed E-state index contributed by atoms with van der Waals surface area (Å²) in [7, 11) is 0. The van der Waals surface area contributed by atoms with Gasteiger partial charge in [-0.1, -0.05) is 66.2 Å². The van der Waals surface area contributed by atoms with Crippen LogP contribution in [0.2, 0.25) is 5.02 Å². The molecule has 1 spiro atoms. The van der Waals surface area contributed by atoms with Crippen LogP contribution in [-0.4, -0.2) is 70.8 Å². The van der Waals surface area contributed by atoms with Gasteiger partial charge >= 0.3 is 5.97 Å². The lowest BCUT2D eigenvalue weighted by atomic mass is 9.66. The molecule has 5 rings (SSSR count). The minimum absolute atomic E-state index is 0.136. The van der Waals surface area contributed by atoms with Crippen molar-refractivity contribution in [3.63, 3.8) is 0 Å². The smallest absolute Gasteiger partial charge is 0.312 e. The van der Waals surface area contributed by atoms with E-state index in [0.29, 0.717) is 42.8 Å². The van der Waals surface area contributed by atoms with Gasteiger partial charge in [0.25, 0.3) is 5.91 Å². The zero-order valence-electron chi connectivity index (χ0n) is 25.4. The van der Waals surface area contributed by atoms with E-state index in [1.165, 1.54) is 4.90 Å². The van der Waals surface area contributed by atoms with E-state index in [2.05, 4.69) is 13.2 Å². The molecule has 1 N–H and O–H groups in total. The van der Waals surface area contributed by atoms with Crippen LogP contribution >= 0.6 is 11.6 Å². The van der Waals surface area contributed by atoms with Crippen LogP contribution in [0.1, 0.15) is 43.7 Å². The molecule has 2 unspecified atom stereocenters. The number of likely N-dealkylation sites (tertiary alicyclic amines) is 1. The molecule has 3 saturated heterocycles. The Balaban J connectivity index is 1.61. The number of hydrogen-bond acceptors (Lipinski definition) is 6. The minimum Gasteiger partial charge on any atom is -0.465 e. The van der Waals surface area contributed by atoms with E-state index in [0.717, 1.165) is 11.1 Å². The van der Waals surface area contributed by atoms with E-state index in [1.807, 2.05) is 56.3 Å². The molecule has 8 nitrogen and oxygen atoms in total. The fourth-order valence-electron chi connectivity index (χ4n) is 7.55. The number of aliphatic hydroxyl groups is 1. The summed E-state index contributed by atoms with van der Waals surface area (Å²) in [6, 6.07) is 13.1. The molecule has 0 radical (unpaired) electrons. The highest BCUT2D eigenvalue weighted by molar-refractivity contribution is 6.34. The number of anilines is 1. The molecule has 2 bridgehead atoms. The molecule has 6 atom stereocenters. The molecule has 9 heteroatoms. The number of benzene rings is 2. The Morgan fingerprint density at radius 2 is 1.93 bits per heavy atom. The van der Waals surface area contributed by atoms with E-state index in [4.69, 9.17) is 21.1 Å². The predicted octanol–water partition coefficient (Wildman–Crippen LogP) is 5.05. The van der Waals surface area contributed by atoms with E-state index in [1.54, 1.807) is 23.1 Å². The molecule has 0 saturated carbocycles. The number of para-hydroxylation sites is 1. The molecule has 2 aromatic carbocycles. The monoisotopic (exact) mass is 620 g/mol. The maximum absolute atomic E-state index is 15.0. The van der Waals surface area contributed by atoms with Crippen molar-refractivity contribution in [1.82, 2.24) is 4.90 Å². The number of esters is 1. The maximum Gasteiger partial charge on any atom is 0.312 e. The number of aryl methyl sites for hydroxylation is 1. The van der Waals surface area contributed by atoms with E-state index >= 15 is 0 Å². The highest BCUT2D eigenvalue weighted by Gasteiger charge is 2.79. The minimum atomic E-state index is -1.29. The first-order valence-corrected chi connectivity index (χ1v) is 15.6. The summed E-state index contributed by atoms with van der Waals surface area (Å²) in [5.74, 6) is -3.11. The van der Waals surface area contributed by atoms with Gasteiger partial charge in [0.1, 0.15) is 17.6 Å². The Hall–Kier alpha value is -3.46. The Morgan fingerprint density at radius 3 is 2.59 bits per heavy atom. The molecule has 3 fully saturated rings. The molecule has 0 aliphatic carbocycles. The van der Waals surface area contributed by atoms with Crippen molar-refractivity contribution in [3.05, 3.63) is 90.0 Å². The second-order valence-corrected chi connectivity index (χ2v) is 12.6. The van der Waals surface area contributed by atoms with E-state index < -0.39 is 47.0 Å². The molecule has 234 valence electrons. The fraction of sp³-hybridized carbons (Fsp3) is 0.457. The van der Waals surface area contributed by atoms with Crippen LogP contribution in [0, 0.1) is 18.8 Å². The summed E-state index contributed by atoms with van der Waals surface area (Å²) in [6.07, 6.45) is 5.89. The van der Waals surface area contributed by atoms with Crippen molar-refractivity contribution in [2.45, 2.75) is 69.2 Å². The number of aliphatic hydroxyl groups excluding tert-OH is 1. The van der Waals surface area contributed by atoms with Gasteiger partial charge in [0.05, 0.1) is 41.5 Å². The van der Waals surface area contributed by atoms with Gasteiger partial charge in [0.15, 0.2) is 0 Å². The molecule has 0 aromatic heterocycles. The van der Waals surface area contributed by atoms with Crippen molar-refractivity contribution in [1.29, 1.82) is 0 Å². The summed E-state index contributed by atoms with van der Waals surface area (Å²) in [5, 5.41) is 11.1. The van der Waals surface area contributed by atoms with Gasteiger partial charge in [-0.2, -0.15) is 0 Å². The molecule has 2 aromatic rings. The summed E-state index contributed by atoms with van der Waals surface area (Å²) >= 11 is 6.67. The highest BCUT2D eigenvalue weighted by Crippen LogP contribution is 2.64. The molecular formula is C35H41ClN2O6. The molecule has 2 amide bonds. The second kappa shape index (κ2) is 12.9. The largest absolute Gasteiger partial charge is 0.465 e. The summed E-state index contributed by atoms with van der Waals surface area (Å²) in [5.41, 5.74) is -0.0534. The third-order valence-electron chi connectivity index (χ3n) is 9.45. The van der Waals surface area contributed by atoms with Crippen LogP contribution in [0.4, 0.5) is 5.69 Å². The topological polar surface area (TPSA) is 96.4 Å². The lowest BCUT2D eigenvalue weighted by molar-refractivity contribution is -0.160. The number of unbranched alkanes of at least 4 members (excludes halogenated alkanes) is 1. The number of fused-ring (bicyclic) bond motifs is 1. The number of halogens is 1. The van der Waals surface area contributed by atoms with Gasteiger partial charge in [0, 0.05) is 6.54 Å². The summed E-state index contributed by atoms with van der Waals surface area (Å²) < 4.78 is 12.5. The third-order valence-corrected chi connectivity index (χ3v) is 9.76. The lowest BCUT2D eigenvalue weighted by Crippen LogP contribution is -2.59. The SMILES string of the molecule is C=CCCCOC(=O)[C@@H]1[C@H]2C(=O)N([C@@H](CO)Cc3ccccc3)C(C(=O)N(CC=C)c3c(C)cccc3Cl)C23CC[C@@]1(C)O3. The molecule has 44 heavy (non-hydrogen) atoms. The number of carbonyl (C=O) groups is 3. The zero-order chi connectivity index (χ0) is 31.6. The Labute approximate surface area is 264 Å². The number of hydrogen-bond donors (Lipinski definition) is 1. The fourth-order valence-corrected chi connectivity index (χ4v) is 7.88. The lowest BCUT2D eigenvalue weighted by Gasteiger charge is -2.40. The van der Waals surface area contributed by atoms with E-state index in [9.17, 15) is 19.5 Å². The van der Waals surface area contributed by atoms with Crippen LogP contribution in [-0.2, 0) is 30.3 Å². The Kier molecular flexibility index (Phi) is 9.35. The van der Waals surface area contributed by atoms with Crippen LogP contribution in [0.25, 0.3) is 0 Å². The average molecular weight is 621 g/mol. The molecule has 3 heterocycles. The maximum atomic E-state index is 15.0. The highest BCUT2D eigenvalue weighted by atomic mass is 35.5. The standard InChI is InChI=1S/C35H41ClN2O6/c1-5-7-11-20-43-33(42)28-27-31(40)38(25(22-39)21-24-14-9-8-10-15-24)30(35(27)18-17-34(28,4)44-35)32(41)37(19-6-2)29-23(3)13-12-16-26(29)36/h5-6,8-10,12-16,25,27-28,30,39H,1-2,7,11,17-22H2,3-4H3/t25-,27+,28+,30?,34-,35?/m1/s1. The number of carbonyl (C=O) groups excluding carboxylic acids is 3. The van der Waals surface area contributed by atoms with Gasteiger partial charge in [-0.3, -0.25) is 14.4 Å².